The first kappa shape index (κ1) is 21.4. The van der Waals surface area contributed by atoms with Gasteiger partial charge in [-0.1, -0.05) is 12.8 Å². The second kappa shape index (κ2) is 8.74. The summed E-state index contributed by atoms with van der Waals surface area (Å²) in [6, 6.07) is 0. The molecule has 2 aliphatic rings. The summed E-state index contributed by atoms with van der Waals surface area (Å²) < 4.78 is 34.4. The summed E-state index contributed by atoms with van der Waals surface area (Å²) in [5, 5.41) is 0.0789. The molecule has 0 N–H and O–H groups in total. The van der Waals surface area contributed by atoms with E-state index in [2.05, 4.69) is 4.98 Å². The van der Waals surface area contributed by atoms with Crippen LogP contribution in [0.2, 0.25) is 0 Å². The van der Waals surface area contributed by atoms with Gasteiger partial charge < -0.3 is 9.64 Å². The molecule has 30 heavy (non-hydrogen) atoms. The number of aryl methyl sites for hydroxylation is 1. The fourth-order valence-electron chi connectivity index (χ4n) is 4.02. The number of rotatable bonds is 4. The summed E-state index contributed by atoms with van der Waals surface area (Å²) in [5.74, 6) is -0.135. The summed E-state index contributed by atoms with van der Waals surface area (Å²) in [7, 11) is -3.85. The standard InChI is InChI=1S/C19H26N4O5S2/c1-14-17(30(26,27)23-8-10-28-11-9-23)16-18(29-14)20-13-22(19(16)25)12-15(24)21-6-4-2-3-5-7-21/h13H,2-12H2,1H3. The highest BCUT2D eigenvalue weighted by atomic mass is 32.2. The third-order valence-corrected chi connectivity index (χ3v) is 8.85. The van der Waals surface area contributed by atoms with Crippen molar-refractivity contribution in [1.82, 2.24) is 18.8 Å². The molecule has 0 unspecified atom stereocenters. The molecule has 2 aliphatic heterocycles. The number of amides is 1. The Morgan fingerprint density at radius 1 is 1.13 bits per heavy atom. The highest BCUT2D eigenvalue weighted by molar-refractivity contribution is 7.89. The van der Waals surface area contributed by atoms with E-state index in [9.17, 15) is 18.0 Å². The number of thiophene rings is 1. The maximum Gasteiger partial charge on any atom is 0.263 e. The van der Waals surface area contributed by atoms with Gasteiger partial charge in [-0.15, -0.1) is 11.3 Å². The van der Waals surface area contributed by atoms with Gasteiger partial charge in [-0.25, -0.2) is 13.4 Å². The van der Waals surface area contributed by atoms with Crippen molar-refractivity contribution in [3.8, 4) is 0 Å². The molecule has 0 radical (unpaired) electrons. The molecule has 2 aromatic heterocycles. The minimum atomic E-state index is -3.85. The molecule has 2 fully saturated rings. The zero-order valence-electron chi connectivity index (χ0n) is 17.0. The van der Waals surface area contributed by atoms with E-state index in [1.54, 1.807) is 11.8 Å². The number of likely N-dealkylation sites (tertiary alicyclic amines) is 1. The van der Waals surface area contributed by atoms with Gasteiger partial charge in [-0.05, 0) is 19.8 Å². The van der Waals surface area contributed by atoms with E-state index in [0.29, 0.717) is 36.0 Å². The molecule has 11 heteroatoms. The Morgan fingerprint density at radius 2 is 1.80 bits per heavy atom. The summed E-state index contributed by atoms with van der Waals surface area (Å²) in [4.78, 5) is 33.0. The summed E-state index contributed by atoms with van der Waals surface area (Å²) >= 11 is 1.19. The van der Waals surface area contributed by atoms with Gasteiger partial charge in [0, 0.05) is 31.1 Å². The van der Waals surface area contributed by atoms with E-state index >= 15 is 0 Å². The SMILES string of the molecule is Cc1sc2ncn(CC(=O)N3CCCCCC3)c(=O)c2c1S(=O)(=O)N1CCOCC1. The molecule has 2 aromatic rings. The highest BCUT2D eigenvalue weighted by Gasteiger charge is 2.33. The van der Waals surface area contributed by atoms with Gasteiger partial charge in [0.1, 0.15) is 16.3 Å². The largest absolute Gasteiger partial charge is 0.379 e. The Kier molecular flexibility index (Phi) is 6.24. The van der Waals surface area contributed by atoms with E-state index in [4.69, 9.17) is 4.74 Å². The smallest absolute Gasteiger partial charge is 0.263 e. The van der Waals surface area contributed by atoms with E-state index in [0.717, 1.165) is 25.7 Å². The normalized spacial score (nSPS) is 19.2. The van der Waals surface area contributed by atoms with Crippen molar-refractivity contribution in [2.45, 2.75) is 44.0 Å². The summed E-state index contributed by atoms with van der Waals surface area (Å²) in [5.41, 5.74) is -0.487. The average Bonchev–Trinajstić information content (AvgIpc) is 2.91. The number of aromatic nitrogens is 2. The lowest BCUT2D eigenvalue weighted by Gasteiger charge is -2.26. The maximum atomic E-state index is 13.3. The zero-order chi connectivity index (χ0) is 21.3. The third kappa shape index (κ3) is 4.03. The molecule has 9 nitrogen and oxygen atoms in total. The van der Waals surface area contributed by atoms with Crippen molar-refractivity contribution in [3.63, 3.8) is 0 Å². The predicted molar refractivity (Wildman–Crippen MR) is 113 cm³/mol. The van der Waals surface area contributed by atoms with Crippen molar-refractivity contribution in [3.05, 3.63) is 21.6 Å². The predicted octanol–water partition coefficient (Wildman–Crippen LogP) is 1.19. The van der Waals surface area contributed by atoms with E-state index in [1.807, 2.05) is 0 Å². The van der Waals surface area contributed by atoms with Crippen LogP contribution in [0.3, 0.4) is 0 Å². The van der Waals surface area contributed by atoms with Crippen molar-refractivity contribution in [2.75, 3.05) is 39.4 Å². The Morgan fingerprint density at radius 3 is 2.47 bits per heavy atom. The van der Waals surface area contributed by atoms with Crippen LogP contribution in [0.4, 0.5) is 0 Å². The fourth-order valence-corrected chi connectivity index (χ4v) is 7.09. The Balaban J connectivity index is 1.70. The molecule has 0 bridgehead atoms. The fraction of sp³-hybridized carbons (Fsp3) is 0.632. The Bertz CT molecular complexity index is 1090. The zero-order valence-corrected chi connectivity index (χ0v) is 18.6. The maximum absolute atomic E-state index is 13.3. The monoisotopic (exact) mass is 454 g/mol. The van der Waals surface area contributed by atoms with Gasteiger partial charge in [0.05, 0.1) is 24.9 Å². The van der Waals surface area contributed by atoms with Gasteiger partial charge in [0.25, 0.3) is 5.56 Å². The van der Waals surface area contributed by atoms with Gasteiger partial charge in [-0.2, -0.15) is 4.31 Å². The molecule has 0 aliphatic carbocycles. The van der Waals surface area contributed by atoms with Crippen LogP contribution in [0, 0.1) is 6.92 Å². The number of carbonyl (C=O) groups excluding carboxylic acids is 1. The molecule has 0 spiro atoms. The second-order valence-corrected chi connectivity index (χ2v) is 10.7. The first-order valence-corrected chi connectivity index (χ1v) is 12.5. The third-order valence-electron chi connectivity index (χ3n) is 5.63. The number of hydrogen-bond acceptors (Lipinski definition) is 7. The van der Waals surface area contributed by atoms with Gasteiger partial charge in [0.2, 0.25) is 15.9 Å². The molecule has 2 saturated heterocycles. The molecular weight excluding hydrogens is 428 g/mol. The lowest BCUT2D eigenvalue weighted by Crippen LogP contribution is -2.41. The number of fused-ring (bicyclic) bond motifs is 1. The average molecular weight is 455 g/mol. The number of carbonyl (C=O) groups is 1. The van der Waals surface area contributed by atoms with Crippen LogP contribution in [0.1, 0.15) is 30.6 Å². The van der Waals surface area contributed by atoms with Crippen LogP contribution in [-0.2, 0) is 26.1 Å². The quantitative estimate of drug-likeness (QED) is 0.688. The highest BCUT2D eigenvalue weighted by Crippen LogP contribution is 2.33. The lowest BCUT2D eigenvalue weighted by molar-refractivity contribution is -0.131. The number of nitrogens with zero attached hydrogens (tertiary/aromatic N) is 4. The molecule has 4 rings (SSSR count). The van der Waals surface area contributed by atoms with Crippen LogP contribution in [0.25, 0.3) is 10.2 Å². The number of hydrogen-bond donors (Lipinski definition) is 0. The van der Waals surface area contributed by atoms with Crippen molar-refractivity contribution in [1.29, 1.82) is 0 Å². The lowest BCUT2D eigenvalue weighted by atomic mass is 10.2. The number of morpholine rings is 1. The summed E-state index contributed by atoms with van der Waals surface area (Å²) in [6.07, 6.45) is 5.48. The van der Waals surface area contributed by atoms with E-state index < -0.39 is 15.6 Å². The molecule has 0 aromatic carbocycles. The molecule has 0 atom stereocenters. The van der Waals surface area contributed by atoms with Gasteiger partial charge >= 0.3 is 0 Å². The molecule has 4 heterocycles. The van der Waals surface area contributed by atoms with Gasteiger partial charge in [0.15, 0.2) is 0 Å². The van der Waals surface area contributed by atoms with Crippen LogP contribution >= 0.6 is 11.3 Å². The van der Waals surface area contributed by atoms with E-state index in [-0.39, 0.29) is 35.8 Å². The topological polar surface area (TPSA) is 102 Å². The molecular formula is C19H26N4O5S2. The van der Waals surface area contributed by atoms with Crippen molar-refractivity contribution >= 4 is 37.5 Å². The first-order chi connectivity index (χ1) is 14.4. The van der Waals surface area contributed by atoms with Crippen LogP contribution < -0.4 is 5.56 Å². The first-order valence-electron chi connectivity index (χ1n) is 10.2. The van der Waals surface area contributed by atoms with Crippen LogP contribution in [-0.4, -0.2) is 72.5 Å². The molecule has 164 valence electrons. The number of sulfonamides is 1. The Hall–Kier alpha value is -1.82. The van der Waals surface area contributed by atoms with E-state index in [1.165, 1.54) is 26.5 Å². The number of ether oxygens (including phenoxy) is 1. The minimum Gasteiger partial charge on any atom is -0.379 e. The van der Waals surface area contributed by atoms with Gasteiger partial charge in [-0.3, -0.25) is 14.2 Å². The molecule has 1 amide bonds. The van der Waals surface area contributed by atoms with Crippen molar-refractivity contribution in [2.24, 2.45) is 0 Å². The minimum absolute atomic E-state index is 0.0125. The van der Waals surface area contributed by atoms with Crippen LogP contribution in [0.15, 0.2) is 16.0 Å². The summed E-state index contributed by atoms with van der Waals surface area (Å²) in [6.45, 7) is 4.09. The van der Waals surface area contributed by atoms with Crippen molar-refractivity contribution < 1.29 is 17.9 Å². The van der Waals surface area contributed by atoms with Crippen LogP contribution in [0.5, 0.6) is 0 Å². The molecule has 0 saturated carbocycles. The Labute approximate surface area is 179 Å². The second-order valence-electron chi connectivity index (χ2n) is 7.66.